The van der Waals surface area contributed by atoms with Gasteiger partial charge < -0.3 is 10.2 Å². The Labute approximate surface area is 95.2 Å². The minimum Gasteiger partial charge on any atom is -0.308 e. The third-order valence-electron chi connectivity index (χ3n) is 3.02. The maximum absolute atomic E-state index is 12.1. The smallest absolute Gasteiger partial charge is 0.244 e. The number of rotatable bonds is 3. The number of aromatic amines is 1. The average molecular weight is 222 g/mol. The number of H-pyrrole nitrogens is 1. The molecule has 16 heavy (non-hydrogen) atoms. The third-order valence-corrected chi connectivity index (χ3v) is 3.02. The Morgan fingerprint density at radius 1 is 1.56 bits per heavy atom. The molecule has 0 saturated carbocycles. The molecule has 1 amide bonds. The molecular formula is C11H18N4O. The molecule has 2 N–H and O–H groups in total. The van der Waals surface area contributed by atoms with Gasteiger partial charge >= 0.3 is 0 Å². The molecule has 0 bridgehead atoms. The van der Waals surface area contributed by atoms with Gasteiger partial charge in [-0.05, 0) is 26.8 Å². The fourth-order valence-electron chi connectivity index (χ4n) is 2.28. The first-order valence-corrected chi connectivity index (χ1v) is 5.71. The molecule has 0 aliphatic carbocycles. The number of likely N-dealkylation sites (N-methyl/N-ethyl adjacent to an activating group) is 1. The summed E-state index contributed by atoms with van der Waals surface area (Å²) in [7, 11) is 0. The highest BCUT2D eigenvalue weighted by Crippen LogP contribution is 2.26. The van der Waals surface area contributed by atoms with Gasteiger partial charge in [0.2, 0.25) is 5.91 Å². The van der Waals surface area contributed by atoms with Gasteiger partial charge in [-0.25, -0.2) is 0 Å². The summed E-state index contributed by atoms with van der Waals surface area (Å²) in [5.41, 5.74) is 2.80. The predicted molar refractivity (Wildman–Crippen MR) is 62.5 cm³/mol. The summed E-state index contributed by atoms with van der Waals surface area (Å²) in [6.45, 7) is 7.49. The minimum absolute atomic E-state index is 0.0290. The zero-order valence-electron chi connectivity index (χ0n) is 10.0. The van der Waals surface area contributed by atoms with Crippen molar-refractivity contribution >= 4 is 11.6 Å². The molecule has 1 unspecified atom stereocenters. The van der Waals surface area contributed by atoms with Crippen LogP contribution in [0.25, 0.3) is 0 Å². The van der Waals surface area contributed by atoms with E-state index in [0.717, 1.165) is 36.6 Å². The number of carbonyl (C=O) groups excluding carboxylic acids is 1. The first kappa shape index (κ1) is 11.1. The highest BCUT2D eigenvalue weighted by molar-refractivity contribution is 6.00. The second-order valence-electron chi connectivity index (χ2n) is 4.17. The molecule has 88 valence electrons. The molecule has 1 fully saturated rings. The Kier molecular flexibility index (Phi) is 2.96. The molecular weight excluding hydrogens is 204 g/mol. The lowest BCUT2D eigenvalue weighted by Gasteiger charge is -2.17. The van der Waals surface area contributed by atoms with Crippen molar-refractivity contribution in [2.45, 2.75) is 33.2 Å². The lowest BCUT2D eigenvalue weighted by Crippen LogP contribution is -2.38. The van der Waals surface area contributed by atoms with Crippen molar-refractivity contribution in [3.05, 3.63) is 11.4 Å². The molecule has 1 saturated heterocycles. The Morgan fingerprint density at radius 3 is 2.88 bits per heavy atom. The van der Waals surface area contributed by atoms with E-state index in [2.05, 4.69) is 15.5 Å². The van der Waals surface area contributed by atoms with Crippen molar-refractivity contribution in [2.24, 2.45) is 0 Å². The van der Waals surface area contributed by atoms with Gasteiger partial charge in [0, 0.05) is 6.54 Å². The van der Waals surface area contributed by atoms with Gasteiger partial charge in [-0.15, -0.1) is 0 Å². The monoisotopic (exact) mass is 222 g/mol. The van der Waals surface area contributed by atoms with Crippen LogP contribution in [0.1, 0.15) is 24.7 Å². The fraction of sp³-hybridized carbons (Fsp3) is 0.636. The first-order chi connectivity index (χ1) is 7.65. The SMILES string of the molecule is CCNC1CCN(c2c(C)n[nH]c2C)C1=O. The summed E-state index contributed by atoms with van der Waals surface area (Å²) in [4.78, 5) is 14.0. The molecule has 1 aromatic heterocycles. The van der Waals surface area contributed by atoms with Gasteiger partial charge in [-0.2, -0.15) is 5.10 Å². The molecule has 5 heteroatoms. The molecule has 0 aromatic carbocycles. The van der Waals surface area contributed by atoms with Gasteiger partial charge in [0.15, 0.2) is 0 Å². The summed E-state index contributed by atoms with van der Waals surface area (Å²) in [5, 5.41) is 10.2. The van der Waals surface area contributed by atoms with Crippen LogP contribution in [0.4, 0.5) is 5.69 Å². The van der Waals surface area contributed by atoms with Crippen LogP contribution < -0.4 is 10.2 Å². The first-order valence-electron chi connectivity index (χ1n) is 5.71. The van der Waals surface area contributed by atoms with Crippen molar-refractivity contribution in [2.75, 3.05) is 18.0 Å². The molecule has 1 aliphatic rings. The van der Waals surface area contributed by atoms with Crippen LogP contribution in [-0.4, -0.2) is 35.2 Å². The molecule has 1 aliphatic heterocycles. The van der Waals surface area contributed by atoms with E-state index in [1.165, 1.54) is 0 Å². The van der Waals surface area contributed by atoms with Crippen molar-refractivity contribution < 1.29 is 4.79 Å². The number of nitrogens with zero attached hydrogens (tertiary/aromatic N) is 2. The van der Waals surface area contributed by atoms with Gasteiger partial charge in [-0.1, -0.05) is 6.92 Å². The highest BCUT2D eigenvalue weighted by Gasteiger charge is 2.33. The quantitative estimate of drug-likeness (QED) is 0.793. The standard InChI is InChI=1S/C11H18N4O/c1-4-12-9-5-6-15(11(9)16)10-7(2)13-14-8(10)3/h9,12H,4-6H2,1-3H3,(H,13,14). The topological polar surface area (TPSA) is 61.0 Å². The average Bonchev–Trinajstić information content (AvgIpc) is 2.75. The van der Waals surface area contributed by atoms with Crippen molar-refractivity contribution in [1.82, 2.24) is 15.5 Å². The summed E-state index contributed by atoms with van der Waals surface area (Å²) >= 11 is 0. The zero-order valence-corrected chi connectivity index (χ0v) is 10.0. The van der Waals surface area contributed by atoms with Gasteiger partial charge in [0.05, 0.1) is 23.1 Å². The lowest BCUT2D eigenvalue weighted by atomic mass is 10.2. The van der Waals surface area contributed by atoms with Gasteiger partial charge in [-0.3, -0.25) is 9.89 Å². The second kappa shape index (κ2) is 4.25. The molecule has 0 spiro atoms. The van der Waals surface area contributed by atoms with Crippen LogP contribution in [0.15, 0.2) is 0 Å². The number of aromatic nitrogens is 2. The van der Waals surface area contributed by atoms with Crippen LogP contribution in [-0.2, 0) is 4.79 Å². The van der Waals surface area contributed by atoms with Crippen LogP contribution in [0.3, 0.4) is 0 Å². The fourth-order valence-corrected chi connectivity index (χ4v) is 2.28. The number of carbonyl (C=O) groups is 1. The molecule has 2 rings (SSSR count). The van der Waals surface area contributed by atoms with Crippen molar-refractivity contribution in [3.8, 4) is 0 Å². The summed E-state index contributed by atoms with van der Waals surface area (Å²) in [6.07, 6.45) is 0.872. The lowest BCUT2D eigenvalue weighted by molar-refractivity contribution is -0.118. The number of nitrogens with one attached hydrogen (secondary N) is 2. The number of aryl methyl sites for hydroxylation is 2. The summed E-state index contributed by atoms with van der Waals surface area (Å²) < 4.78 is 0. The summed E-state index contributed by atoms with van der Waals surface area (Å²) in [6, 6.07) is -0.0290. The largest absolute Gasteiger partial charge is 0.308 e. The van der Waals surface area contributed by atoms with E-state index in [9.17, 15) is 4.79 Å². The van der Waals surface area contributed by atoms with Crippen LogP contribution in [0.2, 0.25) is 0 Å². The molecule has 1 aromatic rings. The van der Waals surface area contributed by atoms with Gasteiger partial charge in [0.1, 0.15) is 0 Å². The van der Waals surface area contributed by atoms with E-state index >= 15 is 0 Å². The number of hydrogen-bond donors (Lipinski definition) is 2. The van der Waals surface area contributed by atoms with E-state index < -0.39 is 0 Å². The highest BCUT2D eigenvalue weighted by atomic mass is 16.2. The maximum atomic E-state index is 12.1. The van der Waals surface area contributed by atoms with Crippen molar-refractivity contribution in [3.63, 3.8) is 0 Å². The maximum Gasteiger partial charge on any atom is 0.244 e. The van der Waals surface area contributed by atoms with Crippen LogP contribution >= 0.6 is 0 Å². The molecule has 2 heterocycles. The van der Waals surface area contributed by atoms with E-state index in [0.29, 0.717) is 0 Å². The molecule has 1 atom stereocenters. The van der Waals surface area contributed by atoms with E-state index in [1.54, 1.807) is 0 Å². The Balaban J connectivity index is 2.21. The number of anilines is 1. The van der Waals surface area contributed by atoms with Crippen LogP contribution in [0.5, 0.6) is 0 Å². The minimum atomic E-state index is -0.0290. The Bertz CT molecular complexity index is 379. The zero-order chi connectivity index (χ0) is 11.7. The van der Waals surface area contributed by atoms with Crippen molar-refractivity contribution in [1.29, 1.82) is 0 Å². The van der Waals surface area contributed by atoms with E-state index in [-0.39, 0.29) is 11.9 Å². The van der Waals surface area contributed by atoms with E-state index in [1.807, 2.05) is 25.7 Å². The number of amides is 1. The third kappa shape index (κ3) is 1.71. The Hall–Kier alpha value is -1.36. The second-order valence-corrected chi connectivity index (χ2v) is 4.17. The predicted octanol–water partition coefficient (Wildman–Crippen LogP) is 0.741. The van der Waals surface area contributed by atoms with Crippen LogP contribution in [0, 0.1) is 13.8 Å². The number of hydrogen-bond acceptors (Lipinski definition) is 3. The molecule has 0 radical (unpaired) electrons. The van der Waals surface area contributed by atoms with E-state index in [4.69, 9.17) is 0 Å². The summed E-state index contributed by atoms with van der Waals surface area (Å²) in [5.74, 6) is 0.162. The Morgan fingerprint density at radius 2 is 2.31 bits per heavy atom. The molecule has 5 nitrogen and oxygen atoms in total. The normalized spacial score (nSPS) is 20.8. The van der Waals surface area contributed by atoms with Gasteiger partial charge in [0.25, 0.3) is 0 Å².